The zero-order valence-corrected chi connectivity index (χ0v) is 16.8. The number of benzene rings is 2. The maximum atomic E-state index is 12.8. The molecule has 0 unspecified atom stereocenters. The van der Waals surface area contributed by atoms with Crippen molar-refractivity contribution < 1.29 is 19.1 Å². The highest BCUT2D eigenvalue weighted by Crippen LogP contribution is 2.32. The number of ether oxygens (including phenoxy) is 2. The van der Waals surface area contributed by atoms with Crippen LogP contribution in [0, 0.1) is 0 Å². The Morgan fingerprint density at radius 1 is 1.07 bits per heavy atom. The van der Waals surface area contributed by atoms with Gasteiger partial charge in [0.2, 0.25) is 5.91 Å². The number of pyridine rings is 1. The third-order valence-electron chi connectivity index (χ3n) is 4.99. The number of nitrogens with zero attached hydrogens (tertiary/aromatic N) is 3. The predicted octanol–water partition coefficient (Wildman–Crippen LogP) is 3.13. The molecule has 0 atom stereocenters. The van der Waals surface area contributed by atoms with Gasteiger partial charge in [-0.05, 0) is 36.4 Å². The summed E-state index contributed by atoms with van der Waals surface area (Å²) >= 11 is 0. The predicted molar refractivity (Wildman–Crippen MR) is 114 cm³/mol. The van der Waals surface area contributed by atoms with Crippen molar-refractivity contribution in [2.45, 2.75) is 0 Å². The van der Waals surface area contributed by atoms with Gasteiger partial charge >= 0.3 is 6.03 Å². The Kier molecular flexibility index (Phi) is 5.38. The molecule has 1 saturated heterocycles. The average molecular weight is 406 g/mol. The molecule has 0 spiro atoms. The molecule has 1 aliphatic rings. The van der Waals surface area contributed by atoms with Crippen LogP contribution in [0.3, 0.4) is 0 Å². The molecule has 1 aliphatic heterocycles. The average Bonchev–Trinajstić information content (AvgIpc) is 3.13. The molecule has 1 aromatic heterocycles. The summed E-state index contributed by atoms with van der Waals surface area (Å²) in [6, 6.07) is 14.4. The lowest BCUT2D eigenvalue weighted by Crippen LogP contribution is -2.37. The van der Waals surface area contributed by atoms with E-state index in [0.717, 1.165) is 10.9 Å². The zero-order chi connectivity index (χ0) is 21.1. The SMILES string of the molecule is COc1ccc(N2CCN(CC(=O)Nc3ccc4ncccc4c3)C2=O)cc1OC. The second-order valence-electron chi connectivity index (χ2n) is 6.85. The van der Waals surface area contributed by atoms with E-state index >= 15 is 0 Å². The molecule has 2 aromatic carbocycles. The van der Waals surface area contributed by atoms with Crippen molar-refractivity contribution in [3.63, 3.8) is 0 Å². The Labute approximate surface area is 174 Å². The number of aromatic nitrogens is 1. The third kappa shape index (κ3) is 3.84. The summed E-state index contributed by atoms with van der Waals surface area (Å²) in [5.74, 6) is 0.889. The number of rotatable bonds is 6. The van der Waals surface area contributed by atoms with Gasteiger partial charge in [-0.2, -0.15) is 0 Å². The van der Waals surface area contributed by atoms with Gasteiger partial charge in [0.25, 0.3) is 0 Å². The Hall–Kier alpha value is -3.81. The lowest BCUT2D eigenvalue weighted by Gasteiger charge is -2.19. The Morgan fingerprint density at radius 3 is 2.70 bits per heavy atom. The van der Waals surface area contributed by atoms with Crippen LogP contribution in [0.5, 0.6) is 11.5 Å². The number of amides is 3. The van der Waals surface area contributed by atoms with Crippen molar-refractivity contribution in [3.05, 3.63) is 54.7 Å². The van der Waals surface area contributed by atoms with Gasteiger partial charge in [0.15, 0.2) is 11.5 Å². The Balaban J connectivity index is 1.41. The van der Waals surface area contributed by atoms with Crippen LogP contribution < -0.4 is 19.7 Å². The van der Waals surface area contributed by atoms with E-state index in [1.54, 1.807) is 49.6 Å². The van der Waals surface area contributed by atoms with Crippen LogP contribution in [0.1, 0.15) is 0 Å². The standard InChI is InChI=1S/C22H22N4O4/c1-29-19-8-6-17(13-20(19)30-2)26-11-10-25(22(26)28)14-21(27)24-16-5-7-18-15(12-16)4-3-9-23-18/h3-9,12-13H,10-11,14H2,1-2H3,(H,24,27). The normalized spacial score (nSPS) is 13.6. The van der Waals surface area contributed by atoms with Crippen molar-refractivity contribution >= 4 is 34.2 Å². The number of nitrogens with one attached hydrogen (secondary N) is 1. The summed E-state index contributed by atoms with van der Waals surface area (Å²) in [5, 5.41) is 3.79. The van der Waals surface area contributed by atoms with Gasteiger partial charge < -0.3 is 19.7 Å². The minimum Gasteiger partial charge on any atom is -0.493 e. The fourth-order valence-electron chi connectivity index (χ4n) is 3.49. The van der Waals surface area contributed by atoms with Crippen LogP contribution >= 0.6 is 0 Å². The van der Waals surface area contributed by atoms with Crippen molar-refractivity contribution in [2.24, 2.45) is 0 Å². The van der Waals surface area contributed by atoms with E-state index in [9.17, 15) is 9.59 Å². The van der Waals surface area contributed by atoms with Gasteiger partial charge in [-0.25, -0.2) is 4.79 Å². The first kappa shape index (κ1) is 19.5. The Morgan fingerprint density at radius 2 is 1.90 bits per heavy atom. The second-order valence-corrected chi connectivity index (χ2v) is 6.85. The highest BCUT2D eigenvalue weighted by Gasteiger charge is 2.31. The van der Waals surface area contributed by atoms with Crippen molar-refractivity contribution in [1.29, 1.82) is 0 Å². The van der Waals surface area contributed by atoms with Crippen LogP contribution in [0.25, 0.3) is 10.9 Å². The third-order valence-corrected chi connectivity index (χ3v) is 4.99. The summed E-state index contributed by atoms with van der Waals surface area (Å²) in [5.41, 5.74) is 2.22. The van der Waals surface area contributed by atoms with Gasteiger partial charge in [0.05, 0.1) is 19.7 Å². The van der Waals surface area contributed by atoms with E-state index in [1.807, 2.05) is 24.3 Å². The van der Waals surface area contributed by atoms with E-state index in [1.165, 1.54) is 4.90 Å². The molecule has 0 aliphatic carbocycles. The smallest absolute Gasteiger partial charge is 0.325 e. The molecule has 8 heteroatoms. The molecule has 8 nitrogen and oxygen atoms in total. The lowest BCUT2D eigenvalue weighted by atomic mass is 10.2. The number of urea groups is 1. The summed E-state index contributed by atoms with van der Waals surface area (Å²) in [7, 11) is 3.11. The number of carbonyl (C=O) groups is 2. The van der Waals surface area contributed by atoms with Crippen LogP contribution in [-0.4, -0.2) is 55.7 Å². The number of anilines is 2. The molecule has 0 bridgehead atoms. The molecule has 4 rings (SSSR count). The van der Waals surface area contributed by atoms with E-state index in [4.69, 9.17) is 9.47 Å². The molecule has 0 radical (unpaired) electrons. The number of fused-ring (bicyclic) bond motifs is 1. The monoisotopic (exact) mass is 406 g/mol. The maximum Gasteiger partial charge on any atom is 0.325 e. The van der Waals surface area contributed by atoms with Crippen molar-refractivity contribution in [1.82, 2.24) is 9.88 Å². The van der Waals surface area contributed by atoms with Gasteiger partial charge in [0.1, 0.15) is 6.54 Å². The largest absolute Gasteiger partial charge is 0.493 e. The van der Waals surface area contributed by atoms with E-state index in [-0.39, 0.29) is 18.5 Å². The maximum absolute atomic E-state index is 12.8. The van der Waals surface area contributed by atoms with Gasteiger partial charge in [-0.1, -0.05) is 6.07 Å². The number of methoxy groups -OCH3 is 2. The highest BCUT2D eigenvalue weighted by atomic mass is 16.5. The lowest BCUT2D eigenvalue weighted by molar-refractivity contribution is -0.116. The second kappa shape index (κ2) is 8.28. The summed E-state index contributed by atoms with van der Waals surface area (Å²) < 4.78 is 10.6. The van der Waals surface area contributed by atoms with Gasteiger partial charge in [-0.15, -0.1) is 0 Å². The number of carbonyl (C=O) groups excluding carboxylic acids is 2. The summed E-state index contributed by atoms with van der Waals surface area (Å²) in [4.78, 5) is 32.7. The van der Waals surface area contributed by atoms with Crippen LogP contribution in [-0.2, 0) is 4.79 Å². The summed E-state index contributed by atoms with van der Waals surface area (Å²) in [6.45, 7) is 0.930. The number of hydrogen-bond acceptors (Lipinski definition) is 5. The van der Waals surface area contributed by atoms with E-state index < -0.39 is 0 Å². The van der Waals surface area contributed by atoms with E-state index in [2.05, 4.69) is 10.3 Å². The topological polar surface area (TPSA) is 84.0 Å². The first-order valence-electron chi connectivity index (χ1n) is 9.52. The van der Waals surface area contributed by atoms with Crippen molar-refractivity contribution in [2.75, 3.05) is 44.1 Å². The molecule has 0 saturated carbocycles. The fourth-order valence-corrected chi connectivity index (χ4v) is 3.49. The summed E-state index contributed by atoms with van der Waals surface area (Å²) in [6.07, 6.45) is 1.73. The van der Waals surface area contributed by atoms with Crippen LogP contribution in [0.2, 0.25) is 0 Å². The minimum absolute atomic E-state index is 0.0201. The molecule has 3 amide bonds. The highest BCUT2D eigenvalue weighted by molar-refractivity contribution is 6.00. The molecule has 1 N–H and O–H groups in total. The van der Waals surface area contributed by atoms with Crippen molar-refractivity contribution in [3.8, 4) is 11.5 Å². The molecule has 154 valence electrons. The van der Waals surface area contributed by atoms with Crippen LogP contribution in [0.15, 0.2) is 54.7 Å². The molecule has 3 aromatic rings. The molecular weight excluding hydrogens is 384 g/mol. The number of hydrogen-bond donors (Lipinski definition) is 1. The Bertz CT molecular complexity index is 1100. The van der Waals surface area contributed by atoms with Gasteiger partial charge in [-0.3, -0.25) is 14.7 Å². The zero-order valence-electron chi connectivity index (χ0n) is 16.8. The first-order valence-corrected chi connectivity index (χ1v) is 9.52. The quantitative estimate of drug-likeness (QED) is 0.680. The van der Waals surface area contributed by atoms with Crippen LogP contribution in [0.4, 0.5) is 16.2 Å². The molecule has 1 fully saturated rings. The molecular formula is C22H22N4O4. The molecule has 2 heterocycles. The van der Waals surface area contributed by atoms with Gasteiger partial charge in [0, 0.05) is 42.1 Å². The molecule has 30 heavy (non-hydrogen) atoms. The minimum atomic E-state index is -0.249. The first-order chi connectivity index (χ1) is 14.6. The van der Waals surface area contributed by atoms with E-state index in [0.29, 0.717) is 36.0 Å². The fraction of sp³-hybridized carbons (Fsp3) is 0.227.